The van der Waals surface area contributed by atoms with E-state index in [4.69, 9.17) is 27.6 Å². The van der Waals surface area contributed by atoms with Gasteiger partial charge in [-0.05, 0) is 47.5 Å². The molecule has 6 rings (SSSR count). The van der Waals surface area contributed by atoms with Crippen molar-refractivity contribution in [2.75, 3.05) is 4.90 Å². The summed E-state index contributed by atoms with van der Waals surface area (Å²) in [4.78, 5) is 32.4. The molecule has 5 aromatic rings. The highest BCUT2D eigenvalue weighted by molar-refractivity contribution is 8.00. The van der Waals surface area contributed by atoms with Gasteiger partial charge in [-0.1, -0.05) is 70.6 Å². The summed E-state index contributed by atoms with van der Waals surface area (Å²) in [7, 11) is 0. The lowest BCUT2D eigenvalue weighted by atomic mass is 9.96. The van der Waals surface area contributed by atoms with E-state index in [1.54, 1.807) is 54.9 Å². The Hall–Kier alpha value is -3.70. The fourth-order valence-corrected chi connectivity index (χ4v) is 6.68. The molecule has 39 heavy (non-hydrogen) atoms. The van der Waals surface area contributed by atoms with Crippen LogP contribution in [0.15, 0.2) is 93.1 Å². The molecular formula is C27H16Cl2N4O4S2. The van der Waals surface area contributed by atoms with Crippen LogP contribution in [-0.4, -0.2) is 32.0 Å². The van der Waals surface area contributed by atoms with Crippen LogP contribution in [0.4, 0.5) is 5.13 Å². The Labute approximate surface area is 239 Å². The summed E-state index contributed by atoms with van der Waals surface area (Å²) in [6.07, 6.45) is 3.10. The first-order valence-corrected chi connectivity index (χ1v) is 14.1. The molecule has 3 aromatic heterocycles. The molecule has 0 bridgehead atoms. The minimum absolute atomic E-state index is 0.0137. The van der Waals surface area contributed by atoms with Gasteiger partial charge in [-0.15, -0.1) is 10.2 Å². The zero-order chi connectivity index (χ0) is 27.1. The average Bonchev–Trinajstić information content (AvgIpc) is 3.65. The SMILES string of the molecule is O=C(C1=C(O)C(=O)N(c2nnc(SCc3ccc(Cl)cc3Cl)s2)C1c1ccncc1)c1cc2ccccc2o1. The molecule has 8 nitrogen and oxygen atoms in total. The quantitative estimate of drug-likeness (QED) is 0.121. The van der Waals surface area contributed by atoms with Gasteiger partial charge >= 0.3 is 0 Å². The molecule has 1 amide bonds. The lowest BCUT2D eigenvalue weighted by Crippen LogP contribution is -2.31. The standard InChI is InChI=1S/C27H16Cl2N4O4S2/c28-17-6-5-16(18(29)12-17)13-38-27-32-31-26(39-27)33-22(14-7-9-30-10-8-14)21(24(35)25(33)36)23(34)20-11-15-3-1-2-4-19(15)37-20/h1-12,22,35H,13H2. The first-order chi connectivity index (χ1) is 18.9. The third kappa shape index (κ3) is 4.80. The molecule has 0 fully saturated rings. The Balaban J connectivity index is 1.34. The fourth-order valence-electron chi connectivity index (χ4n) is 4.26. The van der Waals surface area contributed by atoms with E-state index in [0.717, 1.165) is 22.3 Å². The maximum absolute atomic E-state index is 13.7. The number of hydrogen-bond donors (Lipinski definition) is 1. The Morgan fingerprint density at radius 1 is 1.08 bits per heavy atom. The summed E-state index contributed by atoms with van der Waals surface area (Å²) >= 11 is 14.8. The van der Waals surface area contributed by atoms with Crippen LogP contribution in [0.25, 0.3) is 11.0 Å². The highest BCUT2D eigenvalue weighted by Gasteiger charge is 2.46. The van der Waals surface area contributed by atoms with Gasteiger partial charge in [0.1, 0.15) is 5.58 Å². The van der Waals surface area contributed by atoms with Crippen LogP contribution in [0.1, 0.15) is 27.7 Å². The number of anilines is 1. The number of carbonyl (C=O) groups excluding carboxylic acids is 2. The van der Waals surface area contributed by atoms with E-state index in [1.807, 2.05) is 18.2 Å². The van der Waals surface area contributed by atoms with E-state index in [0.29, 0.717) is 31.3 Å². The second kappa shape index (κ2) is 10.5. The molecule has 1 aliphatic heterocycles. The number of Topliss-reactive ketones (excluding diaryl/α,β-unsaturated/α-hetero) is 1. The van der Waals surface area contributed by atoms with Crippen molar-refractivity contribution in [3.05, 3.63) is 111 Å². The molecule has 0 spiro atoms. The number of halogens is 2. The van der Waals surface area contributed by atoms with Gasteiger partial charge in [0, 0.05) is 33.6 Å². The van der Waals surface area contributed by atoms with Crippen molar-refractivity contribution >= 4 is 74.1 Å². The monoisotopic (exact) mass is 594 g/mol. The van der Waals surface area contributed by atoms with Crippen molar-refractivity contribution in [2.45, 2.75) is 16.1 Å². The third-order valence-electron chi connectivity index (χ3n) is 6.09. The van der Waals surface area contributed by atoms with Crippen molar-refractivity contribution in [2.24, 2.45) is 0 Å². The van der Waals surface area contributed by atoms with Crippen molar-refractivity contribution < 1.29 is 19.1 Å². The number of amides is 1. The van der Waals surface area contributed by atoms with Crippen LogP contribution in [0, 0.1) is 0 Å². The summed E-state index contributed by atoms with van der Waals surface area (Å²) < 4.78 is 6.34. The molecule has 0 aliphatic carbocycles. The Bertz CT molecular complexity index is 1740. The molecular weight excluding hydrogens is 579 g/mol. The van der Waals surface area contributed by atoms with Gasteiger partial charge in [0.05, 0.1) is 11.6 Å². The predicted octanol–water partition coefficient (Wildman–Crippen LogP) is 7.06. The number of rotatable bonds is 7. The maximum Gasteiger partial charge on any atom is 0.296 e. The van der Waals surface area contributed by atoms with Crippen LogP contribution in [0.5, 0.6) is 0 Å². The van der Waals surface area contributed by atoms with E-state index in [1.165, 1.54) is 16.7 Å². The van der Waals surface area contributed by atoms with E-state index < -0.39 is 23.5 Å². The number of fused-ring (bicyclic) bond motifs is 1. The number of thioether (sulfide) groups is 1. The summed E-state index contributed by atoms with van der Waals surface area (Å²) in [5, 5.41) is 21.5. The predicted molar refractivity (Wildman–Crippen MR) is 151 cm³/mol. The number of carbonyl (C=O) groups is 2. The second-order valence-electron chi connectivity index (χ2n) is 8.47. The highest BCUT2D eigenvalue weighted by atomic mass is 35.5. The summed E-state index contributed by atoms with van der Waals surface area (Å²) in [6.45, 7) is 0. The number of pyridine rings is 1. The average molecular weight is 595 g/mol. The van der Waals surface area contributed by atoms with Crippen LogP contribution in [0.2, 0.25) is 10.0 Å². The number of aliphatic hydroxyl groups excluding tert-OH is 1. The molecule has 4 heterocycles. The summed E-state index contributed by atoms with van der Waals surface area (Å²) in [6, 6.07) is 16.4. The lowest BCUT2D eigenvalue weighted by molar-refractivity contribution is -0.117. The van der Waals surface area contributed by atoms with Crippen molar-refractivity contribution in [1.29, 1.82) is 0 Å². The largest absolute Gasteiger partial charge is 0.503 e. The molecule has 12 heteroatoms. The fraction of sp³-hybridized carbons (Fsp3) is 0.0741. The molecule has 1 unspecified atom stereocenters. The Morgan fingerprint density at radius 2 is 1.87 bits per heavy atom. The van der Waals surface area contributed by atoms with E-state index in [9.17, 15) is 14.7 Å². The first kappa shape index (κ1) is 25.6. The Kier molecular flexibility index (Phi) is 6.86. The van der Waals surface area contributed by atoms with E-state index in [-0.39, 0.29) is 16.5 Å². The highest BCUT2D eigenvalue weighted by Crippen LogP contribution is 2.44. The van der Waals surface area contributed by atoms with Gasteiger partial charge < -0.3 is 9.52 Å². The van der Waals surface area contributed by atoms with Crippen molar-refractivity contribution in [1.82, 2.24) is 15.2 Å². The van der Waals surface area contributed by atoms with Crippen molar-refractivity contribution in [3.63, 3.8) is 0 Å². The van der Waals surface area contributed by atoms with Gasteiger partial charge in [-0.3, -0.25) is 19.5 Å². The van der Waals surface area contributed by atoms with Crippen LogP contribution >= 0.6 is 46.3 Å². The number of aliphatic hydroxyl groups is 1. The molecule has 1 N–H and O–H groups in total. The van der Waals surface area contributed by atoms with Gasteiger partial charge in [0.2, 0.25) is 10.9 Å². The number of nitrogens with zero attached hydrogens (tertiary/aromatic N) is 4. The van der Waals surface area contributed by atoms with E-state index in [2.05, 4.69) is 15.2 Å². The van der Waals surface area contributed by atoms with Crippen LogP contribution in [-0.2, 0) is 10.5 Å². The number of furan rings is 1. The van der Waals surface area contributed by atoms with Crippen LogP contribution < -0.4 is 4.90 Å². The first-order valence-electron chi connectivity index (χ1n) is 11.5. The summed E-state index contributed by atoms with van der Waals surface area (Å²) in [5.41, 5.74) is 1.85. The molecule has 0 radical (unpaired) electrons. The molecule has 0 saturated heterocycles. The number of ketones is 1. The summed E-state index contributed by atoms with van der Waals surface area (Å²) in [5.74, 6) is -1.51. The van der Waals surface area contributed by atoms with Gasteiger partial charge in [0.15, 0.2) is 15.9 Å². The Morgan fingerprint density at radius 3 is 2.64 bits per heavy atom. The zero-order valence-corrected chi connectivity index (χ0v) is 22.9. The molecule has 2 aromatic carbocycles. The third-order valence-corrected chi connectivity index (χ3v) is 8.78. The molecule has 1 aliphatic rings. The number of hydrogen-bond acceptors (Lipinski definition) is 9. The zero-order valence-electron chi connectivity index (χ0n) is 19.7. The molecule has 1 atom stereocenters. The van der Waals surface area contributed by atoms with Gasteiger partial charge in [0.25, 0.3) is 5.91 Å². The maximum atomic E-state index is 13.7. The molecule has 194 valence electrons. The van der Waals surface area contributed by atoms with Crippen molar-refractivity contribution in [3.8, 4) is 0 Å². The lowest BCUT2D eigenvalue weighted by Gasteiger charge is -2.23. The van der Waals surface area contributed by atoms with Crippen LogP contribution in [0.3, 0.4) is 0 Å². The molecule has 0 saturated carbocycles. The number of benzene rings is 2. The minimum Gasteiger partial charge on any atom is -0.503 e. The van der Waals surface area contributed by atoms with Gasteiger partial charge in [-0.25, -0.2) is 0 Å². The smallest absolute Gasteiger partial charge is 0.296 e. The number of aromatic nitrogens is 3. The number of para-hydroxylation sites is 1. The van der Waals surface area contributed by atoms with Gasteiger partial charge in [-0.2, -0.15) is 0 Å². The normalized spacial score (nSPS) is 15.5. The minimum atomic E-state index is -0.960. The topological polar surface area (TPSA) is 109 Å². The van der Waals surface area contributed by atoms with E-state index >= 15 is 0 Å². The second-order valence-corrected chi connectivity index (χ2v) is 11.5.